The second-order valence-corrected chi connectivity index (χ2v) is 6.95. The number of nitrogens with one attached hydrogen (secondary N) is 1. The summed E-state index contributed by atoms with van der Waals surface area (Å²) in [6, 6.07) is 15.4. The monoisotopic (exact) mass is 393 g/mol. The first-order chi connectivity index (χ1) is 11.1. The molecule has 0 radical (unpaired) electrons. The van der Waals surface area contributed by atoms with Crippen LogP contribution < -0.4 is 10.1 Å². The molecular weight excluding hydrogens is 378 g/mol. The zero-order chi connectivity index (χ0) is 16.2. The van der Waals surface area contributed by atoms with Gasteiger partial charge in [-0.05, 0) is 58.5 Å². The highest BCUT2D eigenvalue weighted by atomic mass is 79.9. The van der Waals surface area contributed by atoms with E-state index in [1.165, 1.54) is 0 Å². The molecule has 0 aliphatic heterocycles. The molecular formula is C18H17BrClNO2. The van der Waals surface area contributed by atoms with Crippen molar-refractivity contribution in [2.75, 3.05) is 6.61 Å². The molecule has 1 saturated carbocycles. The molecule has 23 heavy (non-hydrogen) atoms. The Bertz CT molecular complexity index is 689. The van der Waals surface area contributed by atoms with Gasteiger partial charge in [0.25, 0.3) is 5.91 Å². The quantitative estimate of drug-likeness (QED) is 0.768. The van der Waals surface area contributed by atoms with Crippen LogP contribution in [0.5, 0.6) is 5.75 Å². The molecule has 0 spiro atoms. The molecule has 1 aliphatic rings. The Morgan fingerprint density at radius 1 is 1.26 bits per heavy atom. The predicted molar refractivity (Wildman–Crippen MR) is 94.7 cm³/mol. The van der Waals surface area contributed by atoms with Gasteiger partial charge in [0.05, 0.1) is 10.5 Å². The van der Waals surface area contributed by atoms with Gasteiger partial charge < -0.3 is 10.1 Å². The Morgan fingerprint density at radius 3 is 2.65 bits per heavy atom. The molecule has 120 valence electrons. The van der Waals surface area contributed by atoms with E-state index in [1.807, 2.05) is 18.2 Å². The minimum Gasteiger partial charge on any atom is -0.483 e. The third-order valence-corrected chi connectivity index (χ3v) is 4.68. The molecule has 2 aromatic rings. The van der Waals surface area contributed by atoms with Crippen molar-refractivity contribution in [2.45, 2.75) is 18.9 Å². The van der Waals surface area contributed by atoms with Gasteiger partial charge in [0.1, 0.15) is 5.75 Å². The lowest BCUT2D eigenvalue weighted by atomic mass is 10.0. The normalized spacial score (nSPS) is 15.0. The van der Waals surface area contributed by atoms with Crippen molar-refractivity contribution in [1.29, 1.82) is 0 Å². The first-order valence-electron chi connectivity index (χ1n) is 7.55. The fourth-order valence-corrected chi connectivity index (χ4v) is 3.31. The zero-order valence-electron chi connectivity index (χ0n) is 12.5. The number of hydrogen-bond donors (Lipinski definition) is 1. The average Bonchev–Trinajstić information content (AvgIpc) is 3.37. The number of rotatable bonds is 6. The maximum atomic E-state index is 12.2. The fourth-order valence-electron chi connectivity index (χ4n) is 2.51. The number of benzene rings is 2. The number of ether oxygens (including phenoxy) is 1. The molecule has 3 rings (SSSR count). The molecule has 1 fully saturated rings. The second kappa shape index (κ2) is 7.37. The summed E-state index contributed by atoms with van der Waals surface area (Å²) in [5.74, 6) is 1.02. The minimum atomic E-state index is -0.118. The predicted octanol–water partition coefficient (Wildman–Crippen LogP) is 4.75. The van der Waals surface area contributed by atoms with Gasteiger partial charge in [-0.1, -0.05) is 41.9 Å². The molecule has 5 heteroatoms. The van der Waals surface area contributed by atoms with Crippen molar-refractivity contribution in [3.05, 3.63) is 63.6 Å². The standard InChI is InChI=1S/C18H17BrClNO2/c19-15-10-14(20)8-9-16(15)23-11-17(22)21-18(13-6-7-13)12-4-2-1-3-5-12/h1-5,8-10,13,18H,6-7,11H2,(H,21,22)/t18-/m0/s1. The first kappa shape index (κ1) is 16.3. The summed E-state index contributed by atoms with van der Waals surface area (Å²) in [4.78, 5) is 12.2. The topological polar surface area (TPSA) is 38.3 Å². The summed E-state index contributed by atoms with van der Waals surface area (Å²) in [6.45, 7) is -0.0176. The fraction of sp³-hybridized carbons (Fsp3) is 0.278. The lowest BCUT2D eigenvalue weighted by molar-refractivity contribution is -0.124. The lowest BCUT2D eigenvalue weighted by Crippen LogP contribution is -2.33. The highest BCUT2D eigenvalue weighted by Gasteiger charge is 2.33. The van der Waals surface area contributed by atoms with Gasteiger partial charge in [0.2, 0.25) is 0 Å². The van der Waals surface area contributed by atoms with Crippen molar-refractivity contribution >= 4 is 33.4 Å². The number of carbonyl (C=O) groups excluding carboxylic acids is 1. The van der Waals surface area contributed by atoms with Crippen molar-refractivity contribution in [3.63, 3.8) is 0 Å². The molecule has 0 heterocycles. The van der Waals surface area contributed by atoms with Crippen LogP contribution in [0, 0.1) is 5.92 Å². The maximum absolute atomic E-state index is 12.2. The number of halogens is 2. The Balaban J connectivity index is 1.59. The first-order valence-corrected chi connectivity index (χ1v) is 8.73. The van der Waals surface area contributed by atoms with Crippen molar-refractivity contribution in [1.82, 2.24) is 5.32 Å². The highest BCUT2D eigenvalue weighted by Crippen LogP contribution is 2.40. The van der Waals surface area contributed by atoms with Crippen LogP contribution in [0.3, 0.4) is 0 Å². The van der Waals surface area contributed by atoms with Gasteiger partial charge in [0, 0.05) is 5.02 Å². The molecule has 1 amide bonds. The maximum Gasteiger partial charge on any atom is 0.258 e. The van der Waals surface area contributed by atoms with Crippen molar-refractivity contribution in [3.8, 4) is 5.75 Å². The third kappa shape index (κ3) is 4.49. The van der Waals surface area contributed by atoms with Crippen LogP contribution in [-0.2, 0) is 4.79 Å². The van der Waals surface area contributed by atoms with Crippen LogP contribution in [0.15, 0.2) is 53.0 Å². The van der Waals surface area contributed by atoms with E-state index in [4.69, 9.17) is 16.3 Å². The van der Waals surface area contributed by atoms with E-state index >= 15 is 0 Å². The van der Waals surface area contributed by atoms with Crippen LogP contribution in [0.25, 0.3) is 0 Å². The minimum absolute atomic E-state index is 0.0176. The highest BCUT2D eigenvalue weighted by molar-refractivity contribution is 9.10. The summed E-state index contributed by atoms with van der Waals surface area (Å²) >= 11 is 9.27. The van der Waals surface area contributed by atoms with Crippen LogP contribution in [0.1, 0.15) is 24.4 Å². The molecule has 1 atom stereocenters. The van der Waals surface area contributed by atoms with Gasteiger partial charge >= 0.3 is 0 Å². The van der Waals surface area contributed by atoms with E-state index in [2.05, 4.69) is 33.4 Å². The van der Waals surface area contributed by atoms with Gasteiger partial charge in [-0.15, -0.1) is 0 Å². The van der Waals surface area contributed by atoms with Gasteiger partial charge in [-0.2, -0.15) is 0 Å². The van der Waals surface area contributed by atoms with E-state index in [9.17, 15) is 4.79 Å². The van der Waals surface area contributed by atoms with Crippen LogP contribution >= 0.6 is 27.5 Å². The number of carbonyl (C=O) groups is 1. The van der Waals surface area contributed by atoms with Crippen molar-refractivity contribution < 1.29 is 9.53 Å². The summed E-state index contributed by atoms with van der Waals surface area (Å²) in [6.07, 6.45) is 2.31. The Kier molecular flexibility index (Phi) is 5.23. The summed E-state index contributed by atoms with van der Waals surface area (Å²) in [5, 5.41) is 3.71. The summed E-state index contributed by atoms with van der Waals surface area (Å²) in [7, 11) is 0. The summed E-state index contributed by atoms with van der Waals surface area (Å²) < 4.78 is 6.31. The van der Waals surface area contributed by atoms with Crippen molar-refractivity contribution in [2.24, 2.45) is 5.92 Å². The van der Waals surface area contributed by atoms with Gasteiger partial charge in [-0.3, -0.25) is 4.79 Å². The smallest absolute Gasteiger partial charge is 0.258 e. The SMILES string of the molecule is O=C(COc1ccc(Cl)cc1Br)N[C@@H](c1ccccc1)C1CC1. The Labute approximate surface area is 149 Å². The molecule has 1 N–H and O–H groups in total. The van der Waals surface area contributed by atoms with E-state index in [0.29, 0.717) is 16.7 Å². The molecule has 1 aliphatic carbocycles. The zero-order valence-corrected chi connectivity index (χ0v) is 14.8. The molecule has 0 aromatic heterocycles. The van der Waals surface area contributed by atoms with E-state index in [1.54, 1.807) is 18.2 Å². The molecule has 0 saturated heterocycles. The van der Waals surface area contributed by atoms with Crippen LogP contribution in [-0.4, -0.2) is 12.5 Å². The van der Waals surface area contributed by atoms with E-state index < -0.39 is 0 Å². The molecule has 0 unspecified atom stereocenters. The van der Waals surface area contributed by atoms with Gasteiger partial charge in [0.15, 0.2) is 6.61 Å². The Hall–Kier alpha value is -1.52. The molecule has 3 nitrogen and oxygen atoms in total. The second-order valence-electron chi connectivity index (χ2n) is 5.66. The van der Waals surface area contributed by atoms with E-state index in [-0.39, 0.29) is 18.6 Å². The van der Waals surface area contributed by atoms with Crippen LogP contribution in [0.4, 0.5) is 0 Å². The average molecular weight is 395 g/mol. The van der Waals surface area contributed by atoms with Crippen LogP contribution in [0.2, 0.25) is 5.02 Å². The molecule has 0 bridgehead atoms. The lowest BCUT2D eigenvalue weighted by Gasteiger charge is -2.19. The largest absolute Gasteiger partial charge is 0.483 e. The number of hydrogen-bond acceptors (Lipinski definition) is 2. The van der Waals surface area contributed by atoms with E-state index in [0.717, 1.165) is 22.9 Å². The Morgan fingerprint density at radius 2 is 2.00 bits per heavy atom. The summed E-state index contributed by atoms with van der Waals surface area (Å²) in [5.41, 5.74) is 1.15. The molecule has 2 aromatic carbocycles. The number of amides is 1. The third-order valence-electron chi connectivity index (χ3n) is 3.82. The van der Waals surface area contributed by atoms with Gasteiger partial charge in [-0.25, -0.2) is 0 Å².